The first kappa shape index (κ1) is 13.7. The van der Waals surface area contributed by atoms with Crippen LogP contribution in [0.4, 0.5) is 16.2 Å². The smallest absolute Gasteiger partial charge is 0.348 e. The second-order valence-corrected chi connectivity index (χ2v) is 4.33. The van der Waals surface area contributed by atoms with Crippen molar-refractivity contribution in [3.05, 3.63) is 35.9 Å². The molecule has 0 radical (unpaired) electrons. The number of amides is 3. The lowest BCUT2D eigenvalue weighted by atomic mass is 10.0. The molecule has 2 rings (SSSR count). The molecule has 3 N–H and O–H groups in total. The first-order valence-corrected chi connectivity index (χ1v) is 6.00. The molecule has 0 unspecified atom stereocenters. The summed E-state index contributed by atoms with van der Waals surface area (Å²) < 4.78 is 0. The van der Waals surface area contributed by atoms with E-state index < -0.39 is 6.03 Å². The monoisotopic (exact) mass is 270 g/mol. The van der Waals surface area contributed by atoms with E-state index in [1.165, 1.54) is 6.92 Å². The van der Waals surface area contributed by atoms with Crippen molar-refractivity contribution in [1.29, 1.82) is 0 Å². The number of fused-ring (bicyclic) bond motifs is 1. The van der Waals surface area contributed by atoms with Crippen molar-refractivity contribution in [3.8, 4) is 0 Å². The number of primary amides is 1. The molecule has 0 aliphatic heterocycles. The minimum atomic E-state index is -0.848. The number of hydrogen-bond acceptors (Lipinski definition) is 3. The van der Waals surface area contributed by atoms with Crippen molar-refractivity contribution in [3.63, 3.8) is 0 Å². The molecular weight excluding hydrogens is 256 g/mol. The number of benzene rings is 2. The highest BCUT2D eigenvalue weighted by molar-refractivity contribution is 6.04. The predicted octanol–water partition coefficient (Wildman–Crippen LogP) is 3.27. The molecule has 6 heteroatoms. The number of carbonyl (C=O) groups is 2. The summed E-state index contributed by atoms with van der Waals surface area (Å²) in [4.78, 5) is 21.9. The van der Waals surface area contributed by atoms with E-state index in [1.807, 2.05) is 31.2 Å². The number of aryl methyl sites for hydroxylation is 1. The minimum absolute atomic E-state index is 0.152. The molecule has 0 aliphatic carbocycles. The summed E-state index contributed by atoms with van der Waals surface area (Å²) in [5.74, 6) is -0.152. The van der Waals surface area contributed by atoms with Gasteiger partial charge in [0.2, 0.25) is 5.91 Å². The Labute approximate surface area is 115 Å². The number of hydrogen-bond donors (Lipinski definition) is 2. The van der Waals surface area contributed by atoms with Crippen molar-refractivity contribution >= 4 is 34.1 Å². The third-order valence-corrected chi connectivity index (χ3v) is 2.84. The zero-order valence-corrected chi connectivity index (χ0v) is 11.2. The first-order valence-electron chi connectivity index (χ1n) is 6.00. The van der Waals surface area contributed by atoms with Gasteiger partial charge in [0.05, 0.1) is 5.69 Å². The van der Waals surface area contributed by atoms with E-state index in [2.05, 4.69) is 15.5 Å². The van der Waals surface area contributed by atoms with Gasteiger partial charge in [-0.3, -0.25) is 4.79 Å². The van der Waals surface area contributed by atoms with E-state index in [9.17, 15) is 9.59 Å². The van der Waals surface area contributed by atoms with Gasteiger partial charge in [-0.2, -0.15) is 0 Å². The number of nitrogens with zero attached hydrogens (tertiary/aromatic N) is 2. The van der Waals surface area contributed by atoms with E-state index >= 15 is 0 Å². The van der Waals surface area contributed by atoms with Crippen LogP contribution in [-0.2, 0) is 4.79 Å². The van der Waals surface area contributed by atoms with Crippen LogP contribution in [0.3, 0.4) is 0 Å². The Hall–Kier alpha value is -2.76. The lowest BCUT2D eigenvalue weighted by molar-refractivity contribution is -0.114. The molecule has 2 aromatic rings. The van der Waals surface area contributed by atoms with Crippen molar-refractivity contribution in [2.24, 2.45) is 16.0 Å². The highest BCUT2D eigenvalue weighted by atomic mass is 16.2. The summed E-state index contributed by atoms with van der Waals surface area (Å²) >= 11 is 0. The Kier molecular flexibility index (Phi) is 3.74. The average Bonchev–Trinajstić information content (AvgIpc) is 2.37. The Balaban J connectivity index is 2.63. The number of nitrogens with two attached hydrogens (primary N) is 1. The third-order valence-electron chi connectivity index (χ3n) is 2.84. The lowest BCUT2D eigenvalue weighted by Gasteiger charge is -2.11. The van der Waals surface area contributed by atoms with Gasteiger partial charge in [0.15, 0.2) is 0 Å². The second-order valence-electron chi connectivity index (χ2n) is 4.33. The number of anilines is 1. The maximum atomic E-state index is 11.3. The van der Waals surface area contributed by atoms with Gasteiger partial charge < -0.3 is 11.1 Å². The normalized spacial score (nSPS) is 10.9. The zero-order chi connectivity index (χ0) is 14.7. The predicted molar refractivity (Wildman–Crippen MR) is 77.1 cm³/mol. The number of nitrogens with one attached hydrogen (secondary N) is 1. The molecule has 102 valence electrons. The fraction of sp³-hybridized carbons (Fsp3) is 0.143. The van der Waals surface area contributed by atoms with E-state index in [1.54, 1.807) is 6.07 Å². The second kappa shape index (κ2) is 5.48. The molecule has 0 saturated carbocycles. The summed E-state index contributed by atoms with van der Waals surface area (Å²) in [6.45, 7) is 3.30. The lowest BCUT2D eigenvalue weighted by Crippen LogP contribution is -2.06. The fourth-order valence-electron chi connectivity index (χ4n) is 2.05. The molecule has 0 spiro atoms. The molecule has 2 aromatic carbocycles. The molecular formula is C14H14N4O2. The van der Waals surface area contributed by atoms with E-state index in [-0.39, 0.29) is 5.91 Å². The molecule has 0 aromatic heterocycles. The van der Waals surface area contributed by atoms with Crippen molar-refractivity contribution in [2.75, 3.05) is 5.32 Å². The average molecular weight is 270 g/mol. The van der Waals surface area contributed by atoms with Gasteiger partial charge in [0, 0.05) is 18.0 Å². The molecule has 0 atom stereocenters. The van der Waals surface area contributed by atoms with Gasteiger partial charge in [-0.1, -0.05) is 23.3 Å². The molecule has 3 amide bonds. The topological polar surface area (TPSA) is 96.9 Å². The number of rotatable bonds is 2. The van der Waals surface area contributed by atoms with Crippen LogP contribution in [0.2, 0.25) is 0 Å². The highest BCUT2D eigenvalue weighted by Crippen LogP contribution is 2.33. The summed E-state index contributed by atoms with van der Waals surface area (Å²) in [5, 5.41) is 11.7. The number of azo groups is 1. The van der Waals surface area contributed by atoms with E-state index in [0.717, 1.165) is 16.3 Å². The van der Waals surface area contributed by atoms with Crippen LogP contribution in [0, 0.1) is 6.92 Å². The molecule has 0 aliphatic rings. The van der Waals surface area contributed by atoms with Crippen LogP contribution >= 0.6 is 0 Å². The Bertz CT molecular complexity index is 722. The van der Waals surface area contributed by atoms with Gasteiger partial charge in [-0.25, -0.2) is 4.79 Å². The van der Waals surface area contributed by atoms with Crippen LogP contribution in [0.5, 0.6) is 0 Å². The SMILES string of the molecule is CC(=O)Nc1cccc2ccc(/N=N/C(N)=O)c(C)c12. The first-order chi connectivity index (χ1) is 9.49. The maximum absolute atomic E-state index is 11.3. The summed E-state index contributed by atoms with van der Waals surface area (Å²) in [6.07, 6.45) is 0. The Morgan fingerprint density at radius 3 is 2.60 bits per heavy atom. The van der Waals surface area contributed by atoms with Gasteiger partial charge in [0.1, 0.15) is 0 Å². The number of urea groups is 1. The standard InChI is InChI=1S/C14H14N4O2/c1-8-11(17-18-14(15)20)7-6-10-4-3-5-12(13(8)10)16-9(2)19/h3-7H,1-2H3,(H2,15,20)(H,16,19)/b18-17+. The van der Waals surface area contributed by atoms with Gasteiger partial charge >= 0.3 is 6.03 Å². The number of carbonyl (C=O) groups excluding carboxylic acids is 2. The third kappa shape index (κ3) is 2.80. The summed E-state index contributed by atoms with van der Waals surface area (Å²) in [7, 11) is 0. The van der Waals surface area contributed by atoms with E-state index in [4.69, 9.17) is 5.73 Å². The fourth-order valence-corrected chi connectivity index (χ4v) is 2.05. The van der Waals surface area contributed by atoms with Crippen LogP contribution in [0.1, 0.15) is 12.5 Å². The van der Waals surface area contributed by atoms with E-state index in [0.29, 0.717) is 11.4 Å². The molecule has 0 heterocycles. The van der Waals surface area contributed by atoms with Gasteiger partial charge in [-0.05, 0) is 30.0 Å². The van der Waals surface area contributed by atoms with Gasteiger partial charge in [0.25, 0.3) is 0 Å². The molecule has 0 saturated heterocycles. The zero-order valence-electron chi connectivity index (χ0n) is 11.2. The molecule has 0 fully saturated rings. The van der Waals surface area contributed by atoms with Crippen LogP contribution in [-0.4, -0.2) is 11.9 Å². The molecule has 20 heavy (non-hydrogen) atoms. The largest absolute Gasteiger partial charge is 0.356 e. The summed E-state index contributed by atoms with van der Waals surface area (Å²) in [5.41, 5.74) is 6.99. The minimum Gasteiger partial charge on any atom is -0.348 e. The molecule has 0 bridgehead atoms. The van der Waals surface area contributed by atoms with Crippen LogP contribution in [0.15, 0.2) is 40.6 Å². The molecule has 6 nitrogen and oxygen atoms in total. The van der Waals surface area contributed by atoms with Crippen molar-refractivity contribution < 1.29 is 9.59 Å². The van der Waals surface area contributed by atoms with Crippen LogP contribution in [0.25, 0.3) is 10.8 Å². The van der Waals surface area contributed by atoms with Crippen LogP contribution < -0.4 is 11.1 Å². The Morgan fingerprint density at radius 2 is 1.95 bits per heavy atom. The maximum Gasteiger partial charge on any atom is 0.356 e. The van der Waals surface area contributed by atoms with Crippen molar-refractivity contribution in [2.45, 2.75) is 13.8 Å². The quantitative estimate of drug-likeness (QED) is 0.819. The highest BCUT2D eigenvalue weighted by Gasteiger charge is 2.08. The van der Waals surface area contributed by atoms with Crippen molar-refractivity contribution in [1.82, 2.24) is 0 Å². The summed E-state index contributed by atoms with van der Waals surface area (Å²) in [6, 6.07) is 8.36. The Morgan fingerprint density at radius 1 is 1.20 bits per heavy atom. The van der Waals surface area contributed by atoms with Gasteiger partial charge in [-0.15, -0.1) is 5.11 Å².